The van der Waals surface area contributed by atoms with Crippen molar-refractivity contribution in [2.75, 3.05) is 17.2 Å². The number of nitrogens with zero attached hydrogens (tertiary/aromatic N) is 3. The minimum absolute atomic E-state index is 0.260. The van der Waals surface area contributed by atoms with Gasteiger partial charge in [-0.05, 0) is 48.7 Å². The fourth-order valence-electron chi connectivity index (χ4n) is 3.10. The van der Waals surface area contributed by atoms with Gasteiger partial charge in [-0.1, -0.05) is 32.8 Å². The molecule has 0 unspecified atom stereocenters. The summed E-state index contributed by atoms with van der Waals surface area (Å²) in [6.07, 6.45) is 2.16. The molecule has 3 aromatic rings. The number of hydrogen-bond donors (Lipinski definition) is 2. The highest BCUT2D eigenvalue weighted by Gasteiger charge is 2.13. The third kappa shape index (κ3) is 4.20. The molecule has 144 valence electrons. The standard InChI is InChI=1S/C22H24FN5/c1-4-15(5-2)13-25-21-18-8-6-7-16(12-24)20(18)27-22(28-21)26-17-9-10-19(23)14(3)11-17/h6-11,15H,4-5,13H2,1-3H3,(H2,25,26,27,28). The van der Waals surface area contributed by atoms with Gasteiger partial charge in [-0.2, -0.15) is 10.2 Å². The molecule has 0 radical (unpaired) electrons. The van der Waals surface area contributed by atoms with E-state index in [-0.39, 0.29) is 5.82 Å². The van der Waals surface area contributed by atoms with Crippen LogP contribution in [-0.2, 0) is 0 Å². The molecule has 0 aliphatic rings. The van der Waals surface area contributed by atoms with Crippen molar-refractivity contribution >= 4 is 28.4 Å². The molecule has 6 heteroatoms. The fraction of sp³-hybridized carbons (Fsp3) is 0.318. The molecule has 0 atom stereocenters. The molecule has 1 heterocycles. The molecule has 0 spiro atoms. The number of para-hydroxylation sites is 1. The van der Waals surface area contributed by atoms with Crippen molar-refractivity contribution in [3.8, 4) is 6.07 Å². The van der Waals surface area contributed by atoms with Gasteiger partial charge in [0.2, 0.25) is 5.95 Å². The van der Waals surface area contributed by atoms with Gasteiger partial charge in [-0.15, -0.1) is 0 Å². The third-order valence-electron chi connectivity index (χ3n) is 4.97. The largest absolute Gasteiger partial charge is 0.369 e. The van der Waals surface area contributed by atoms with E-state index in [1.165, 1.54) is 6.07 Å². The number of nitriles is 1. The summed E-state index contributed by atoms with van der Waals surface area (Å²) in [7, 11) is 0. The van der Waals surface area contributed by atoms with Gasteiger partial charge in [0, 0.05) is 17.6 Å². The summed E-state index contributed by atoms with van der Waals surface area (Å²) in [5.74, 6) is 1.34. The Kier molecular flexibility index (Phi) is 6.05. The van der Waals surface area contributed by atoms with Crippen LogP contribution in [0.3, 0.4) is 0 Å². The fourth-order valence-corrected chi connectivity index (χ4v) is 3.10. The lowest BCUT2D eigenvalue weighted by Crippen LogP contribution is -2.14. The van der Waals surface area contributed by atoms with E-state index in [1.54, 1.807) is 25.1 Å². The Balaban J connectivity index is 2.02. The van der Waals surface area contributed by atoms with E-state index in [1.807, 2.05) is 12.1 Å². The number of rotatable bonds is 7. The second kappa shape index (κ2) is 8.66. The highest BCUT2D eigenvalue weighted by molar-refractivity contribution is 5.93. The van der Waals surface area contributed by atoms with Gasteiger partial charge in [0.15, 0.2) is 0 Å². The smallest absolute Gasteiger partial charge is 0.229 e. The number of halogens is 1. The Labute approximate surface area is 164 Å². The van der Waals surface area contributed by atoms with Crippen molar-refractivity contribution in [1.29, 1.82) is 5.26 Å². The summed E-state index contributed by atoms with van der Waals surface area (Å²) < 4.78 is 13.5. The number of benzene rings is 2. The number of anilines is 3. The Morgan fingerprint density at radius 2 is 1.93 bits per heavy atom. The number of aromatic nitrogens is 2. The minimum Gasteiger partial charge on any atom is -0.369 e. The lowest BCUT2D eigenvalue weighted by Gasteiger charge is -2.16. The van der Waals surface area contributed by atoms with Crippen LogP contribution in [0, 0.1) is 30.0 Å². The third-order valence-corrected chi connectivity index (χ3v) is 4.97. The number of aryl methyl sites for hydroxylation is 1. The molecule has 0 aliphatic carbocycles. The molecule has 0 saturated carbocycles. The number of hydrogen-bond acceptors (Lipinski definition) is 5. The van der Waals surface area contributed by atoms with Gasteiger partial charge in [0.1, 0.15) is 17.7 Å². The van der Waals surface area contributed by atoms with Crippen LogP contribution in [0.25, 0.3) is 10.9 Å². The molecule has 0 aliphatic heterocycles. The normalized spacial score (nSPS) is 10.9. The molecule has 2 aromatic carbocycles. The highest BCUT2D eigenvalue weighted by Crippen LogP contribution is 2.27. The van der Waals surface area contributed by atoms with Crippen molar-refractivity contribution in [3.05, 3.63) is 53.3 Å². The zero-order valence-electron chi connectivity index (χ0n) is 16.4. The van der Waals surface area contributed by atoms with Crippen LogP contribution in [0.2, 0.25) is 0 Å². The average molecular weight is 377 g/mol. The first kappa shape index (κ1) is 19.6. The van der Waals surface area contributed by atoms with Gasteiger partial charge >= 0.3 is 0 Å². The molecule has 1 aromatic heterocycles. The number of nitrogens with one attached hydrogen (secondary N) is 2. The second-order valence-electron chi connectivity index (χ2n) is 6.86. The van der Waals surface area contributed by atoms with Crippen LogP contribution < -0.4 is 10.6 Å². The molecular weight excluding hydrogens is 353 g/mol. The van der Waals surface area contributed by atoms with Crippen molar-refractivity contribution in [2.45, 2.75) is 33.6 Å². The maximum absolute atomic E-state index is 13.5. The maximum atomic E-state index is 13.5. The van der Waals surface area contributed by atoms with Crippen LogP contribution in [-0.4, -0.2) is 16.5 Å². The van der Waals surface area contributed by atoms with Crippen molar-refractivity contribution in [3.63, 3.8) is 0 Å². The zero-order chi connectivity index (χ0) is 20.1. The predicted octanol–water partition coefficient (Wildman–Crippen LogP) is 5.54. The van der Waals surface area contributed by atoms with Crippen LogP contribution in [0.5, 0.6) is 0 Å². The molecule has 0 fully saturated rings. The quantitative estimate of drug-likeness (QED) is 0.565. The Morgan fingerprint density at radius 1 is 1.14 bits per heavy atom. The monoisotopic (exact) mass is 377 g/mol. The Morgan fingerprint density at radius 3 is 2.61 bits per heavy atom. The first-order valence-corrected chi connectivity index (χ1v) is 9.53. The van der Waals surface area contributed by atoms with E-state index in [2.05, 4.69) is 40.5 Å². The lowest BCUT2D eigenvalue weighted by atomic mass is 10.0. The van der Waals surface area contributed by atoms with E-state index in [0.717, 1.165) is 24.8 Å². The van der Waals surface area contributed by atoms with Gasteiger partial charge < -0.3 is 10.6 Å². The van der Waals surface area contributed by atoms with Crippen molar-refractivity contribution in [2.24, 2.45) is 5.92 Å². The van der Waals surface area contributed by atoms with Gasteiger partial charge in [-0.3, -0.25) is 0 Å². The molecular formula is C22H24FN5. The summed E-state index contributed by atoms with van der Waals surface area (Å²) in [5.41, 5.74) is 2.31. The van der Waals surface area contributed by atoms with E-state index in [9.17, 15) is 9.65 Å². The summed E-state index contributed by atoms with van der Waals surface area (Å²) in [6.45, 7) is 6.85. The first-order chi connectivity index (χ1) is 13.5. The summed E-state index contributed by atoms with van der Waals surface area (Å²) >= 11 is 0. The number of fused-ring (bicyclic) bond motifs is 1. The summed E-state index contributed by atoms with van der Waals surface area (Å²) in [6, 6.07) is 12.4. The average Bonchev–Trinajstić information content (AvgIpc) is 2.71. The highest BCUT2D eigenvalue weighted by atomic mass is 19.1. The first-order valence-electron chi connectivity index (χ1n) is 9.53. The van der Waals surface area contributed by atoms with E-state index in [0.29, 0.717) is 40.0 Å². The van der Waals surface area contributed by atoms with E-state index >= 15 is 0 Å². The minimum atomic E-state index is -0.260. The van der Waals surface area contributed by atoms with Crippen molar-refractivity contribution < 1.29 is 4.39 Å². The van der Waals surface area contributed by atoms with Crippen LogP contribution in [0.4, 0.5) is 21.8 Å². The predicted molar refractivity (Wildman–Crippen MR) is 111 cm³/mol. The topological polar surface area (TPSA) is 73.6 Å². The maximum Gasteiger partial charge on any atom is 0.229 e. The van der Waals surface area contributed by atoms with Gasteiger partial charge in [0.05, 0.1) is 11.1 Å². The molecule has 0 bridgehead atoms. The molecule has 28 heavy (non-hydrogen) atoms. The summed E-state index contributed by atoms with van der Waals surface area (Å²) in [4.78, 5) is 9.17. The molecule has 5 nitrogen and oxygen atoms in total. The molecule has 2 N–H and O–H groups in total. The van der Waals surface area contributed by atoms with Crippen LogP contribution in [0.15, 0.2) is 36.4 Å². The molecule has 3 rings (SSSR count). The van der Waals surface area contributed by atoms with E-state index in [4.69, 9.17) is 0 Å². The molecule has 0 saturated heterocycles. The Bertz CT molecular complexity index is 1020. The van der Waals surface area contributed by atoms with Crippen molar-refractivity contribution in [1.82, 2.24) is 9.97 Å². The second-order valence-corrected chi connectivity index (χ2v) is 6.86. The zero-order valence-corrected chi connectivity index (χ0v) is 16.4. The SMILES string of the molecule is CCC(CC)CNc1nc(Nc2ccc(F)c(C)c2)nc2c(C#N)cccc12. The Hall–Kier alpha value is -3.20. The van der Waals surface area contributed by atoms with Crippen LogP contribution >= 0.6 is 0 Å². The van der Waals surface area contributed by atoms with Gasteiger partial charge in [0.25, 0.3) is 0 Å². The lowest BCUT2D eigenvalue weighted by molar-refractivity contribution is 0.518. The molecule has 0 amide bonds. The van der Waals surface area contributed by atoms with Gasteiger partial charge in [-0.25, -0.2) is 9.37 Å². The summed E-state index contributed by atoms with van der Waals surface area (Å²) in [5, 5.41) is 16.8. The van der Waals surface area contributed by atoms with E-state index < -0.39 is 0 Å². The van der Waals surface area contributed by atoms with Crippen LogP contribution in [0.1, 0.15) is 37.8 Å².